The number of hydrogen-bond donors (Lipinski definition) is 1. The Balaban J connectivity index is 1.92. The Morgan fingerprint density at radius 1 is 1.08 bits per heavy atom. The van der Waals surface area contributed by atoms with E-state index in [2.05, 4.69) is 5.32 Å². The number of benzene rings is 2. The molecule has 2 aromatic rings. The van der Waals surface area contributed by atoms with Crippen LogP contribution in [0.3, 0.4) is 0 Å². The highest BCUT2D eigenvalue weighted by molar-refractivity contribution is 7.97. The maximum Gasteiger partial charge on any atom is 0.254 e. The number of halogens is 1. The Labute approximate surface area is 145 Å². The summed E-state index contributed by atoms with van der Waals surface area (Å²) in [7, 11) is 1.57. The third kappa shape index (κ3) is 5.09. The molecule has 0 aliphatic rings. The standard InChI is InChI=1S/C18H19FN2O2S/c1-21(11-17(22)20-16-9-7-15(19)8-10-16)18(23)14-5-3-13(4-6-14)12-24-2/h3-10H,11-12H2,1-2H3,(H,20,22). The van der Waals surface area contributed by atoms with Crippen molar-refractivity contribution < 1.29 is 14.0 Å². The molecule has 1 N–H and O–H groups in total. The molecule has 24 heavy (non-hydrogen) atoms. The lowest BCUT2D eigenvalue weighted by Gasteiger charge is -2.17. The lowest BCUT2D eigenvalue weighted by molar-refractivity contribution is -0.116. The molecule has 0 aromatic heterocycles. The topological polar surface area (TPSA) is 49.4 Å². The van der Waals surface area contributed by atoms with E-state index in [0.717, 1.165) is 11.3 Å². The van der Waals surface area contributed by atoms with Crippen LogP contribution in [0.2, 0.25) is 0 Å². The fourth-order valence-corrected chi connectivity index (χ4v) is 2.68. The number of amides is 2. The van der Waals surface area contributed by atoms with E-state index in [0.29, 0.717) is 11.3 Å². The molecule has 0 bridgehead atoms. The Morgan fingerprint density at radius 3 is 2.29 bits per heavy atom. The summed E-state index contributed by atoms with van der Waals surface area (Å²) in [6.07, 6.45) is 2.02. The highest BCUT2D eigenvalue weighted by Crippen LogP contribution is 2.12. The smallest absolute Gasteiger partial charge is 0.254 e. The van der Waals surface area contributed by atoms with Gasteiger partial charge in [-0.05, 0) is 48.2 Å². The van der Waals surface area contributed by atoms with Gasteiger partial charge in [-0.2, -0.15) is 11.8 Å². The fourth-order valence-electron chi connectivity index (χ4n) is 2.15. The van der Waals surface area contributed by atoms with Gasteiger partial charge in [-0.3, -0.25) is 9.59 Å². The van der Waals surface area contributed by atoms with Gasteiger partial charge in [0.25, 0.3) is 5.91 Å². The highest BCUT2D eigenvalue weighted by atomic mass is 32.2. The third-order valence-electron chi connectivity index (χ3n) is 3.37. The summed E-state index contributed by atoms with van der Waals surface area (Å²) >= 11 is 1.71. The van der Waals surface area contributed by atoms with Crippen molar-refractivity contribution >= 4 is 29.3 Å². The van der Waals surface area contributed by atoms with Gasteiger partial charge < -0.3 is 10.2 Å². The van der Waals surface area contributed by atoms with Crippen molar-refractivity contribution in [1.82, 2.24) is 4.90 Å². The molecule has 0 saturated heterocycles. The molecule has 2 amide bonds. The Kier molecular flexibility index (Phi) is 6.37. The molecule has 4 nitrogen and oxygen atoms in total. The maximum atomic E-state index is 12.8. The van der Waals surface area contributed by atoms with Gasteiger partial charge in [0.2, 0.25) is 5.91 Å². The number of thioether (sulfide) groups is 1. The maximum absolute atomic E-state index is 12.8. The van der Waals surface area contributed by atoms with Crippen molar-refractivity contribution in [2.75, 3.05) is 25.2 Å². The second-order valence-electron chi connectivity index (χ2n) is 5.35. The minimum absolute atomic E-state index is 0.0806. The summed E-state index contributed by atoms with van der Waals surface area (Å²) in [4.78, 5) is 25.7. The van der Waals surface area contributed by atoms with E-state index >= 15 is 0 Å². The first-order valence-corrected chi connectivity index (χ1v) is 8.77. The number of nitrogens with one attached hydrogen (secondary N) is 1. The summed E-state index contributed by atoms with van der Waals surface area (Å²) in [5, 5.41) is 2.63. The summed E-state index contributed by atoms with van der Waals surface area (Å²) in [6.45, 7) is -0.0806. The second-order valence-corrected chi connectivity index (χ2v) is 6.21. The van der Waals surface area contributed by atoms with E-state index in [1.165, 1.54) is 29.2 Å². The van der Waals surface area contributed by atoms with Gasteiger partial charge in [0.15, 0.2) is 0 Å². The van der Waals surface area contributed by atoms with Crippen LogP contribution in [0.15, 0.2) is 48.5 Å². The third-order valence-corrected chi connectivity index (χ3v) is 3.99. The molecule has 6 heteroatoms. The van der Waals surface area contributed by atoms with Gasteiger partial charge in [-0.15, -0.1) is 0 Å². The average molecular weight is 346 g/mol. The van der Waals surface area contributed by atoms with Gasteiger partial charge in [0.05, 0.1) is 6.54 Å². The number of carbonyl (C=O) groups is 2. The minimum atomic E-state index is -0.370. The van der Waals surface area contributed by atoms with Crippen molar-refractivity contribution in [3.05, 3.63) is 65.5 Å². The molecule has 0 atom stereocenters. The summed E-state index contributed by atoms with van der Waals surface area (Å²) in [6, 6.07) is 12.8. The van der Waals surface area contributed by atoms with Crippen LogP contribution < -0.4 is 5.32 Å². The second kappa shape index (κ2) is 8.49. The van der Waals surface area contributed by atoms with Crippen molar-refractivity contribution in [2.45, 2.75) is 5.75 Å². The summed E-state index contributed by atoms with van der Waals surface area (Å²) in [5.41, 5.74) is 2.18. The van der Waals surface area contributed by atoms with E-state index in [-0.39, 0.29) is 24.2 Å². The molecule has 0 saturated carbocycles. The minimum Gasteiger partial charge on any atom is -0.332 e. The quantitative estimate of drug-likeness (QED) is 0.872. The van der Waals surface area contributed by atoms with Crippen LogP contribution in [0.4, 0.5) is 10.1 Å². The first-order chi connectivity index (χ1) is 11.5. The molecule has 2 rings (SSSR count). The predicted molar refractivity (Wildman–Crippen MR) is 95.7 cm³/mol. The number of rotatable bonds is 6. The van der Waals surface area contributed by atoms with Crippen molar-refractivity contribution in [3.8, 4) is 0 Å². The molecule has 126 valence electrons. The monoisotopic (exact) mass is 346 g/mol. The van der Waals surface area contributed by atoms with Gasteiger partial charge in [-0.25, -0.2) is 4.39 Å². The van der Waals surface area contributed by atoms with E-state index in [9.17, 15) is 14.0 Å². The first kappa shape index (κ1) is 18.0. The van der Waals surface area contributed by atoms with Crippen LogP contribution in [0, 0.1) is 5.82 Å². The van der Waals surface area contributed by atoms with Crippen LogP contribution >= 0.6 is 11.8 Å². The zero-order valence-corrected chi connectivity index (χ0v) is 14.4. The Hall–Kier alpha value is -2.34. The molecule has 0 spiro atoms. The summed E-state index contributed by atoms with van der Waals surface area (Å²) in [5.74, 6) is -0.0358. The van der Waals surface area contributed by atoms with Gasteiger partial charge in [0.1, 0.15) is 5.82 Å². The van der Waals surface area contributed by atoms with Gasteiger partial charge in [0, 0.05) is 24.1 Å². The Bertz CT molecular complexity index is 702. The summed E-state index contributed by atoms with van der Waals surface area (Å²) < 4.78 is 12.8. The molecule has 0 heterocycles. The number of likely N-dealkylation sites (N-methyl/N-ethyl adjacent to an activating group) is 1. The van der Waals surface area contributed by atoms with Crippen LogP contribution in [0.1, 0.15) is 15.9 Å². The highest BCUT2D eigenvalue weighted by Gasteiger charge is 2.15. The number of nitrogens with zero attached hydrogens (tertiary/aromatic N) is 1. The van der Waals surface area contributed by atoms with E-state index in [1.807, 2.05) is 18.4 Å². The molecular formula is C18H19FN2O2S. The van der Waals surface area contributed by atoms with Crippen molar-refractivity contribution in [1.29, 1.82) is 0 Å². The molecule has 0 unspecified atom stereocenters. The average Bonchev–Trinajstić information content (AvgIpc) is 2.57. The van der Waals surface area contributed by atoms with Crippen LogP contribution in [0.25, 0.3) is 0 Å². The first-order valence-electron chi connectivity index (χ1n) is 7.38. The van der Waals surface area contributed by atoms with E-state index < -0.39 is 0 Å². The van der Waals surface area contributed by atoms with E-state index in [1.54, 1.807) is 30.9 Å². The van der Waals surface area contributed by atoms with E-state index in [4.69, 9.17) is 0 Å². The zero-order valence-electron chi connectivity index (χ0n) is 13.6. The lowest BCUT2D eigenvalue weighted by atomic mass is 10.1. The lowest BCUT2D eigenvalue weighted by Crippen LogP contribution is -2.34. The van der Waals surface area contributed by atoms with Gasteiger partial charge in [-0.1, -0.05) is 12.1 Å². The molecule has 0 aliphatic heterocycles. The molecular weight excluding hydrogens is 327 g/mol. The fraction of sp³-hybridized carbons (Fsp3) is 0.222. The van der Waals surface area contributed by atoms with Crippen LogP contribution in [0.5, 0.6) is 0 Å². The number of anilines is 1. The Morgan fingerprint density at radius 2 is 1.71 bits per heavy atom. The number of hydrogen-bond acceptors (Lipinski definition) is 3. The molecule has 0 radical (unpaired) electrons. The largest absolute Gasteiger partial charge is 0.332 e. The molecule has 0 aliphatic carbocycles. The van der Waals surface area contributed by atoms with Crippen molar-refractivity contribution in [2.24, 2.45) is 0 Å². The van der Waals surface area contributed by atoms with Crippen LogP contribution in [-0.2, 0) is 10.5 Å². The SMILES string of the molecule is CSCc1ccc(C(=O)N(C)CC(=O)Nc2ccc(F)cc2)cc1. The molecule has 2 aromatic carbocycles. The zero-order chi connectivity index (χ0) is 17.5. The van der Waals surface area contributed by atoms with Crippen LogP contribution in [-0.4, -0.2) is 36.6 Å². The molecule has 0 fully saturated rings. The van der Waals surface area contributed by atoms with Gasteiger partial charge >= 0.3 is 0 Å². The predicted octanol–water partition coefficient (Wildman–Crippen LogP) is 3.40. The number of carbonyl (C=O) groups excluding carboxylic acids is 2. The van der Waals surface area contributed by atoms with Crippen molar-refractivity contribution in [3.63, 3.8) is 0 Å². The normalized spacial score (nSPS) is 10.3.